The number of nitrogens with two attached hydrogens (primary N) is 2. The first kappa shape index (κ1) is 13.3. The molecule has 1 rings (SSSR count). The Labute approximate surface area is 102 Å². The minimum absolute atomic E-state index is 0.0362. The van der Waals surface area contributed by atoms with Gasteiger partial charge in [0, 0.05) is 5.56 Å². The van der Waals surface area contributed by atoms with Crippen molar-refractivity contribution in [3.05, 3.63) is 29.3 Å². The topological polar surface area (TPSA) is 127 Å². The summed E-state index contributed by atoms with van der Waals surface area (Å²) in [5.74, 6) is -2.93. The highest BCUT2D eigenvalue weighted by Gasteiger charge is 2.42. The number of phenols is 1. The van der Waals surface area contributed by atoms with Gasteiger partial charge in [-0.05, 0) is 17.7 Å². The molecule has 92 valence electrons. The zero-order valence-electron chi connectivity index (χ0n) is 8.68. The smallest absolute Gasteiger partial charge is 0.338 e. The molecular weight excluding hydrogens is 248 g/mol. The highest BCUT2D eigenvalue weighted by Crippen LogP contribution is 2.26. The van der Waals surface area contributed by atoms with Crippen molar-refractivity contribution in [2.45, 2.75) is 11.4 Å². The summed E-state index contributed by atoms with van der Waals surface area (Å²) in [5.41, 5.74) is 8.36. The molecule has 7 heteroatoms. The van der Waals surface area contributed by atoms with Crippen molar-refractivity contribution in [1.29, 1.82) is 0 Å². The van der Waals surface area contributed by atoms with Crippen LogP contribution in [0.2, 0.25) is 0 Å². The zero-order chi connectivity index (χ0) is 13.2. The van der Waals surface area contributed by atoms with Crippen molar-refractivity contribution in [3.63, 3.8) is 0 Å². The van der Waals surface area contributed by atoms with E-state index in [9.17, 15) is 14.7 Å². The maximum atomic E-state index is 11.2. The molecule has 0 aliphatic heterocycles. The fourth-order valence-corrected chi connectivity index (χ4v) is 1.52. The Morgan fingerprint density at radius 2 is 2.00 bits per heavy atom. The van der Waals surface area contributed by atoms with Crippen LogP contribution in [0.15, 0.2) is 18.2 Å². The average Bonchev–Trinajstić information content (AvgIpc) is 2.28. The van der Waals surface area contributed by atoms with Gasteiger partial charge >= 0.3 is 5.97 Å². The number of rotatable bonds is 4. The summed E-state index contributed by atoms with van der Waals surface area (Å²) in [6.45, 7) is 0. The number of aromatic hydroxyl groups is 1. The molecule has 6 nitrogen and oxygen atoms in total. The molecule has 1 aromatic carbocycles. The van der Waals surface area contributed by atoms with E-state index < -0.39 is 17.4 Å². The van der Waals surface area contributed by atoms with Crippen LogP contribution in [0.4, 0.5) is 0 Å². The molecule has 0 saturated carbocycles. The molecule has 1 unspecified atom stereocenters. The molecule has 0 spiro atoms. The lowest BCUT2D eigenvalue weighted by atomic mass is 9.89. The molecule has 0 aromatic heterocycles. The van der Waals surface area contributed by atoms with E-state index in [-0.39, 0.29) is 22.8 Å². The van der Waals surface area contributed by atoms with Crippen LogP contribution < -0.4 is 11.5 Å². The molecule has 0 radical (unpaired) electrons. The molecule has 1 amide bonds. The number of carbonyl (C=O) groups is 2. The SMILES string of the molecule is NC(=O)C(N)(C(=O)O)c1ccc(O)c(CCl)c1. The molecule has 6 N–H and O–H groups in total. The third-order valence-electron chi connectivity index (χ3n) is 2.40. The number of carboxylic acid groups (broad SMARTS) is 1. The zero-order valence-corrected chi connectivity index (χ0v) is 9.44. The summed E-state index contributed by atoms with van der Waals surface area (Å²) in [6, 6.07) is 3.66. The predicted molar refractivity (Wildman–Crippen MR) is 60.4 cm³/mol. The van der Waals surface area contributed by atoms with Gasteiger partial charge in [-0.1, -0.05) is 6.07 Å². The minimum atomic E-state index is -2.34. The summed E-state index contributed by atoms with van der Waals surface area (Å²) in [5, 5.41) is 18.4. The highest BCUT2D eigenvalue weighted by molar-refractivity contribution is 6.17. The van der Waals surface area contributed by atoms with E-state index in [1.807, 2.05) is 0 Å². The van der Waals surface area contributed by atoms with Crippen molar-refractivity contribution in [2.75, 3.05) is 0 Å². The number of primary amides is 1. The Morgan fingerprint density at radius 3 is 2.41 bits per heavy atom. The quantitative estimate of drug-likeness (QED) is 0.441. The first-order chi connectivity index (χ1) is 7.83. The predicted octanol–water partition coefficient (Wildman–Crippen LogP) is -0.145. The second-order valence-electron chi connectivity index (χ2n) is 3.45. The number of aliphatic carboxylic acids is 1. The Hall–Kier alpha value is -1.79. The second kappa shape index (κ2) is 4.60. The first-order valence-electron chi connectivity index (χ1n) is 4.54. The molecule has 17 heavy (non-hydrogen) atoms. The van der Waals surface area contributed by atoms with Crippen LogP contribution >= 0.6 is 11.6 Å². The van der Waals surface area contributed by atoms with Gasteiger partial charge in [0.15, 0.2) is 0 Å². The Morgan fingerprint density at radius 1 is 1.41 bits per heavy atom. The number of phenolic OH excluding ortho intramolecular Hbond substituents is 1. The van der Waals surface area contributed by atoms with Gasteiger partial charge < -0.3 is 21.7 Å². The first-order valence-corrected chi connectivity index (χ1v) is 5.08. The van der Waals surface area contributed by atoms with Crippen LogP contribution in [-0.2, 0) is 21.0 Å². The maximum absolute atomic E-state index is 11.2. The van der Waals surface area contributed by atoms with E-state index in [0.717, 1.165) is 0 Å². The van der Waals surface area contributed by atoms with Crippen LogP contribution in [0.25, 0.3) is 0 Å². The normalized spacial score (nSPS) is 14.0. The summed E-state index contributed by atoms with van der Waals surface area (Å²) in [4.78, 5) is 22.2. The van der Waals surface area contributed by atoms with Gasteiger partial charge in [0.05, 0.1) is 5.88 Å². The summed E-state index contributed by atoms with van der Waals surface area (Å²) in [6.07, 6.45) is 0. The largest absolute Gasteiger partial charge is 0.508 e. The van der Waals surface area contributed by atoms with E-state index in [2.05, 4.69) is 0 Å². The molecule has 0 heterocycles. The monoisotopic (exact) mass is 258 g/mol. The van der Waals surface area contributed by atoms with Crippen molar-refractivity contribution >= 4 is 23.5 Å². The van der Waals surface area contributed by atoms with Gasteiger partial charge in [-0.2, -0.15) is 0 Å². The molecule has 0 saturated heterocycles. The number of hydrogen-bond donors (Lipinski definition) is 4. The molecule has 0 aliphatic rings. The van der Waals surface area contributed by atoms with Crippen molar-refractivity contribution in [1.82, 2.24) is 0 Å². The van der Waals surface area contributed by atoms with Gasteiger partial charge in [0.25, 0.3) is 5.91 Å². The van der Waals surface area contributed by atoms with Crippen LogP contribution in [0.3, 0.4) is 0 Å². The van der Waals surface area contributed by atoms with E-state index in [1.54, 1.807) is 0 Å². The van der Waals surface area contributed by atoms with Gasteiger partial charge in [-0.25, -0.2) is 4.79 Å². The van der Waals surface area contributed by atoms with E-state index in [1.165, 1.54) is 18.2 Å². The Bertz CT molecular complexity index is 461. The molecular formula is C10H11ClN2O4. The number of hydrogen-bond acceptors (Lipinski definition) is 4. The number of alkyl halides is 1. The fourth-order valence-electron chi connectivity index (χ4n) is 1.31. The lowest BCUT2D eigenvalue weighted by Crippen LogP contribution is -2.55. The second-order valence-corrected chi connectivity index (χ2v) is 3.72. The maximum Gasteiger partial charge on any atom is 0.338 e. The van der Waals surface area contributed by atoms with Gasteiger partial charge in [-0.3, -0.25) is 4.79 Å². The third kappa shape index (κ3) is 2.17. The average molecular weight is 259 g/mol. The molecule has 1 atom stereocenters. The number of benzene rings is 1. The number of halogens is 1. The van der Waals surface area contributed by atoms with Crippen LogP contribution in [0.1, 0.15) is 11.1 Å². The highest BCUT2D eigenvalue weighted by atomic mass is 35.5. The third-order valence-corrected chi connectivity index (χ3v) is 2.69. The number of carboxylic acids is 1. The minimum Gasteiger partial charge on any atom is -0.508 e. The van der Waals surface area contributed by atoms with Crippen LogP contribution in [0.5, 0.6) is 5.75 Å². The summed E-state index contributed by atoms with van der Waals surface area (Å²) < 4.78 is 0. The van der Waals surface area contributed by atoms with Gasteiger partial charge in [0.2, 0.25) is 5.54 Å². The Kier molecular flexibility index (Phi) is 3.59. The molecule has 0 bridgehead atoms. The summed E-state index contributed by atoms with van der Waals surface area (Å²) in [7, 11) is 0. The standard InChI is InChI=1S/C10H11ClN2O4/c11-4-5-3-6(1-2-7(5)14)10(13,8(12)15)9(16)17/h1-3,14H,4,13H2,(H2,12,15)(H,16,17). The van der Waals surface area contributed by atoms with Crippen molar-refractivity contribution in [2.24, 2.45) is 11.5 Å². The van der Waals surface area contributed by atoms with E-state index in [0.29, 0.717) is 0 Å². The number of amides is 1. The Balaban J connectivity index is 3.40. The summed E-state index contributed by atoms with van der Waals surface area (Å²) >= 11 is 5.55. The van der Waals surface area contributed by atoms with Crippen LogP contribution in [-0.4, -0.2) is 22.1 Å². The molecule has 0 fully saturated rings. The lowest BCUT2D eigenvalue weighted by molar-refractivity contribution is -0.148. The van der Waals surface area contributed by atoms with Crippen LogP contribution in [0, 0.1) is 0 Å². The van der Waals surface area contributed by atoms with Crippen molar-refractivity contribution in [3.8, 4) is 5.75 Å². The van der Waals surface area contributed by atoms with Gasteiger partial charge in [-0.15, -0.1) is 11.6 Å². The van der Waals surface area contributed by atoms with Gasteiger partial charge in [0.1, 0.15) is 5.75 Å². The number of carbonyl (C=O) groups excluding carboxylic acids is 1. The van der Waals surface area contributed by atoms with Crippen molar-refractivity contribution < 1.29 is 19.8 Å². The fraction of sp³-hybridized carbons (Fsp3) is 0.200. The van der Waals surface area contributed by atoms with E-state index in [4.69, 9.17) is 28.2 Å². The van der Waals surface area contributed by atoms with E-state index >= 15 is 0 Å². The lowest BCUT2D eigenvalue weighted by Gasteiger charge is -2.21. The molecule has 1 aromatic rings. The molecule has 0 aliphatic carbocycles.